The lowest BCUT2D eigenvalue weighted by atomic mass is 10.1. The topological polar surface area (TPSA) is 47.7 Å². The molecule has 4 nitrogen and oxygen atoms in total. The van der Waals surface area contributed by atoms with E-state index in [-0.39, 0.29) is 0 Å². The number of halogens is 1. The van der Waals surface area contributed by atoms with Gasteiger partial charge in [-0.1, -0.05) is 28.1 Å². The number of hydrogen-bond acceptors (Lipinski definition) is 4. The summed E-state index contributed by atoms with van der Waals surface area (Å²) >= 11 is 8.64. The van der Waals surface area contributed by atoms with Crippen LogP contribution in [0.3, 0.4) is 0 Å². The van der Waals surface area contributed by atoms with Crippen LogP contribution in [0.15, 0.2) is 22.7 Å². The molecule has 0 saturated carbocycles. The molecule has 0 amide bonds. The van der Waals surface area contributed by atoms with Gasteiger partial charge in [-0.05, 0) is 24.6 Å². The second-order valence-corrected chi connectivity index (χ2v) is 5.71. The number of nitrogens with zero attached hydrogens (tertiary/aromatic N) is 1. The predicted molar refractivity (Wildman–Crippen MR) is 90.6 cm³/mol. The van der Waals surface area contributed by atoms with Crippen LogP contribution in [0.25, 0.3) is 0 Å². The van der Waals surface area contributed by atoms with Gasteiger partial charge >= 0.3 is 0 Å². The Balaban J connectivity index is 2.97. The number of benzene rings is 1. The summed E-state index contributed by atoms with van der Waals surface area (Å²) in [6.45, 7) is 3.02. The van der Waals surface area contributed by atoms with Crippen LogP contribution in [-0.2, 0) is 9.47 Å². The monoisotopic (exact) mass is 360 g/mol. The summed E-state index contributed by atoms with van der Waals surface area (Å²) in [5, 5.41) is 0. The molecular weight excluding hydrogens is 340 g/mol. The zero-order valence-corrected chi connectivity index (χ0v) is 14.3. The molecule has 0 aliphatic carbocycles. The summed E-state index contributed by atoms with van der Waals surface area (Å²) < 4.78 is 11.3. The lowest BCUT2D eigenvalue weighted by Crippen LogP contribution is -2.31. The normalized spacial score (nSPS) is 10.6. The van der Waals surface area contributed by atoms with Crippen molar-refractivity contribution in [1.29, 1.82) is 0 Å². The van der Waals surface area contributed by atoms with Crippen LogP contribution in [0.2, 0.25) is 0 Å². The number of thiocarbonyl (C=S) groups is 1. The molecule has 6 heteroatoms. The molecule has 1 aromatic carbocycles. The molecule has 20 heavy (non-hydrogen) atoms. The highest BCUT2D eigenvalue weighted by molar-refractivity contribution is 9.10. The Morgan fingerprint density at radius 3 is 2.55 bits per heavy atom. The molecule has 0 unspecified atom stereocenters. The van der Waals surface area contributed by atoms with Crippen molar-refractivity contribution < 1.29 is 9.47 Å². The fourth-order valence-electron chi connectivity index (χ4n) is 1.93. The van der Waals surface area contributed by atoms with Crippen LogP contribution in [0.1, 0.15) is 12.0 Å². The molecule has 0 aliphatic heterocycles. The van der Waals surface area contributed by atoms with Crippen LogP contribution in [-0.4, -0.2) is 45.5 Å². The largest absolute Gasteiger partial charge is 0.389 e. The molecule has 0 aromatic heterocycles. The molecule has 112 valence electrons. The van der Waals surface area contributed by atoms with E-state index < -0.39 is 0 Å². The van der Waals surface area contributed by atoms with Crippen molar-refractivity contribution >= 4 is 38.8 Å². The lowest BCUT2D eigenvalue weighted by molar-refractivity contribution is 0.191. The standard InChI is InChI=1S/C14H21BrN2O2S/c1-18-8-3-6-17(7-9-19-2)13-10-11(15)4-5-12(13)14(16)20/h4-5,10H,3,6-9H2,1-2H3,(H2,16,20). The van der Waals surface area contributed by atoms with Gasteiger partial charge in [0.05, 0.1) is 6.61 Å². The molecule has 0 atom stereocenters. The molecule has 0 bridgehead atoms. The second kappa shape index (κ2) is 9.28. The van der Waals surface area contributed by atoms with E-state index in [1.54, 1.807) is 14.2 Å². The van der Waals surface area contributed by atoms with Crippen molar-refractivity contribution in [3.8, 4) is 0 Å². The Bertz CT molecular complexity index is 443. The molecule has 0 heterocycles. The third kappa shape index (κ3) is 5.36. The SMILES string of the molecule is COCCCN(CCOC)c1cc(Br)ccc1C(N)=S. The lowest BCUT2D eigenvalue weighted by Gasteiger charge is -2.27. The van der Waals surface area contributed by atoms with Crippen LogP contribution < -0.4 is 10.6 Å². The predicted octanol–water partition coefficient (Wildman–Crippen LogP) is 2.57. The highest BCUT2D eigenvalue weighted by Gasteiger charge is 2.13. The summed E-state index contributed by atoms with van der Waals surface area (Å²) in [5.74, 6) is 0. The van der Waals surface area contributed by atoms with Gasteiger partial charge in [0, 0.05) is 49.6 Å². The molecular formula is C14H21BrN2O2S. The van der Waals surface area contributed by atoms with Crippen molar-refractivity contribution in [1.82, 2.24) is 0 Å². The number of rotatable bonds is 9. The van der Waals surface area contributed by atoms with E-state index in [4.69, 9.17) is 27.4 Å². The Morgan fingerprint density at radius 2 is 1.95 bits per heavy atom. The Labute approximate surface area is 134 Å². The molecule has 0 spiro atoms. The van der Waals surface area contributed by atoms with E-state index in [9.17, 15) is 0 Å². The fraction of sp³-hybridized carbons (Fsp3) is 0.500. The van der Waals surface area contributed by atoms with E-state index in [0.717, 1.165) is 41.8 Å². The Kier molecular flexibility index (Phi) is 8.06. The highest BCUT2D eigenvalue weighted by atomic mass is 79.9. The Hall–Kier alpha value is -0.690. The van der Waals surface area contributed by atoms with Gasteiger partial charge in [0.25, 0.3) is 0 Å². The van der Waals surface area contributed by atoms with Crippen LogP contribution in [0, 0.1) is 0 Å². The van der Waals surface area contributed by atoms with Crippen molar-refractivity contribution in [3.05, 3.63) is 28.2 Å². The first-order valence-corrected chi connectivity index (χ1v) is 7.62. The zero-order chi connectivity index (χ0) is 15.0. The van der Waals surface area contributed by atoms with Crippen molar-refractivity contribution in [2.75, 3.05) is 45.4 Å². The van der Waals surface area contributed by atoms with Gasteiger partial charge in [0.2, 0.25) is 0 Å². The molecule has 0 fully saturated rings. The number of anilines is 1. The maximum absolute atomic E-state index is 5.82. The first-order valence-electron chi connectivity index (χ1n) is 6.42. The maximum atomic E-state index is 5.82. The number of hydrogen-bond donors (Lipinski definition) is 1. The smallest absolute Gasteiger partial charge is 0.106 e. The number of methoxy groups -OCH3 is 2. The van der Waals surface area contributed by atoms with Gasteiger partial charge in [-0.15, -0.1) is 0 Å². The first-order chi connectivity index (χ1) is 9.60. The molecule has 0 radical (unpaired) electrons. The van der Waals surface area contributed by atoms with Crippen molar-refractivity contribution in [3.63, 3.8) is 0 Å². The molecule has 2 N–H and O–H groups in total. The summed E-state index contributed by atoms with van der Waals surface area (Å²) in [5.41, 5.74) is 7.73. The quantitative estimate of drug-likeness (QED) is 0.541. The molecule has 1 rings (SSSR count). The minimum Gasteiger partial charge on any atom is -0.389 e. The van der Waals surface area contributed by atoms with E-state index in [0.29, 0.717) is 11.6 Å². The molecule has 0 aliphatic rings. The third-order valence-electron chi connectivity index (χ3n) is 2.91. The minimum absolute atomic E-state index is 0.404. The average Bonchev–Trinajstić information content (AvgIpc) is 2.42. The van der Waals surface area contributed by atoms with E-state index in [1.165, 1.54) is 0 Å². The average molecular weight is 361 g/mol. The fourth-order valence-corrected chi connectivity index (χ4v) is 2.45. The first kappa shape index (κ1) is 17.4. The minimum atomic E-state index is 0.404. The van der Waals surface area contributed by atoms with Crippen LogP contribution in [0.4, 0.5) is 5.69 Å². The van der Waals surface area contributed by atoms with Crippen molar-refractivity contribution in [2.24, 2.45) is 5.73 Å². The molecule has 0 saturated heterocycles. The van der Waals surface area contributed by atoms with Gasteiger partial charge in [-0.25, -0.2) is 0 Å². The van der Waals surface area contributed by atoms with Crippen LogP contribution >= 0.6 is 28.1 Å². The van der Waals surface area contributed by atoms with Gasteiger partial charge in [0.15, 0.2) is 0 Å². The third-order valence-corrected chi connectivity index (χ3v) is 3.62. The van der Waals surface area contributed by atoms with Crippen LogP contribution in [0.5, 0.6) is 0 Å². The van der Waals surface area contributed by atoms with Gasteiger partial charge in [0.1, 0.15) is 4.99 Å². The van der Waals surface area contributed by atoms with Crippen molar-refractivity contribution in [2.45, 2.75) is 6.42 Å². The van der Waals surface area contributed by atoms with Gasteiger partial charge < -0.3 is 20.1 Å². The second-order valence-electron chi connectivity index (χ2n) is 4.35. The summed E-state index contributed by atoms with van der Waals surface area (Å²) in [4.78, 5) is 2.63. The number of ether oxygens (including phenoxy) is 2. The summed E-state index contributed by atoms with van der Waals surface area (Å²) in [6.07, 6.45) is 0.934. The summed E-state index contributed by atoms with van der Waals surface area (Å²) in [7, 11) is 3.40. The zero-order valence-electron chi connectivity index (χ0n) is 11.9. The van der Waals surface area contributed by atoms with E-state index >= 15 is 0 Å². The Morgan fingerprint density at radius 1 is 1.25 bits per heavy atom. The number of nitrogens with two attached hydrogens (primary N) is 1. The molecule has 1 aromatic rings. The highest BCUT2D eigenvalue weighted by Crippen LogP contribution is 2.25. The maximum Gasteiger partial charge on any atom is 0.106 e. The van der Waals surface area contributed by atoms with E-state index in [1.807, 2.05) is 18.2 Å². The van der Waals surface area contributed by atoms with Gasteiger partial charge in [-0.2, -0.15) is 0 Å². The summed E-state index contributed by atoms with van der Waals surface area (Å²) in [6, 6.07) is 5.93. The van der Waals surface area contributed by atoms with Gasteiger partial charge in [-0.3, -0.25) is 0 Å². The van der Waals surface area contributed by atoms with E-state index in [2.05, 4.69) is 20.8 Å².